The Morgan fingerprint density at radius 1 is 0.667 bits per heavy atom. The number of benzene rings is 2. The molecule has 2 N–H and O–H groups in total. The van der Waals surface area contributed by atoms with E-state index < -0.39 is 36.1 Å². The molecule has 0 heterocycles. The number of carbonyl (C=O) groups excluding carboxylic acids is 4. The van der Waals surface area contributed by atoms with Crippen LogP contribution in [0.5, 0.6) is 11.5 Å². The van der Waals surface area contributed by atoms with Crippen molar-refractivity contribution in [3.8, 4) is 11.5 Å². The molecule has 10 heteroatoms. The van der Waals surface area contributed by atoms with Crippen molar-refractivity contribution >= 4 is 23.9 Å². The van der Waals surface area contributed by atoms with Crippen molar-refractivity contribution in [2.24, 2.45) is 0 Å². The van der Waals surface area contributed by atoms with Gasteiger partial charge in [0.1, 0.15) is 22.6 Å². The van der Waals surface area contributed by atoms with Gasteiger partial charge in [-0.15, -0.1) is 0 Å². The number of aliphatic hydroxyl groups is 2. The molecule has 30 heavy (non-hydrogen) atoms. The average Bonchev–Trinajstić information content (AvgIpc) is 2.77. The number of ether oxygens (including phenoxy) is 4. The van der Waals surface area contributed by atoms with Gasteiger partial charge in [0.25, 0.3) is 0 Å². The quantitative estimate of drug-likeness (QED) is 0.481. The van der Waals surface area contributed by atoms with Gasteiger partial charge in [-0.2, -0.15) is 0 Å². The lowest BCUT2D eigenvalue weighted by Gasteiger charge is -2.15. The third-order valence-corrected chi connectivity index (χ3v) is 3.82. The van der Waals surface area contributed by atoms with Gasteiger partial charge >= 0.3 is 23.9 Å². The van der Waals surface area contributed by atoms with Crippen LogP contribution in [0.4, 0.5) is 0 Å². The third kappa shape index (κ3) is 5.19. The molecule has 2 atom stereocenters. The van der Waals surface area contributed by atoms with Crippen molar-refractivity contribution in [2.75, 3.05) is 14.2 Å². The highest BCUT2D eigenvalue weighted by Crippen LogP contribution is 2.20. The molecule has 2 aromatic carbocycles. The summed E-state index contributed by atoms with van der Waals surface area (Å²) >= 11 is 0. The van der Waals surface area contributed by atoms with Crippen LogP contribution in [-0.2, 0) is 19.1 Å². The Labute approximate surface area is 170 Å². The first-order valence-corrected chi connectivity index (χ1v) is 8.44. The van der Waals surface area contributed by atoms with Crippen molar-refractivity contribution in [3.63, 3.8) is 0 Å². The number of esters is 4. The van der Waals surface area contributed by atoms with Crippen molar-refractivity contribution in [1.82, 2.24) is 0 Å². The molecule has 0 radical (unpaired) electrons. The predicted octanol–water partition coefficient (Wildman–Crippen LogP) is 0.493. The van der Waals surface area contributed by atoms with E-state index in [1.165, 1.54) is 50.6 Å². The Hall–Kier alpha value is -3.76. The van der Waals surface area contributed by atoms with Gasteiger partial charge in [-0.25, -0.2) is 19.2 Å². The summed E-state index contributed by atoms with van der Waals surface area (Å²) in [6.45, 7) is 0. The number of hydrogen-bond acceptors (Lipinski definition) is 10. The molecule has 0 saturated heterocycles. The summed E-state index contributed by atoms with van der Waals surface area (Å²) in [7, 11) is 2.59. The summed E-state index contributed by atoms with van der Waals surface area (Å²) in [5.41, 5.74) is -0.243. The summed E-state index contributed by atoms with van der Waals surface area (Å²) in [6, 6.07) is 11.6. The summed E-state index contributed by atoms with van der Waals surface area (Å²) in [6.07, 6.45) is -4.97. The van der Waals surface area contributed by atoms with Gasteiger partial charge in [0.05, 0.1) is 14.2 Å². The fraction of sp³-hybridized carbons (Fsp3) is 0.200. The molecular weight excluding hydrogens is 400 g/mol. The minimum Gasteiger partial charge on any atom is -0.496 e. The molecule has 0 unspecified atom stereocenters. The molecule has 158 valence electrons. The SMILES string of the molecule is COc1ccccc1C(=O)OC(=O)[C@@H](O)[C@H](O)C(=O)OC(=O)c1ccccc1OC. The van der Waals surface area contributed by atoms with Gasteiger partial charge in [0, 0.05) is 0 Å². The molecule has 0 aliphatic rings. The van der Waals surface area contributed by atoms with Gasteiger partial charge in [-0.1, -0.05) is 24.3 Å². The molecule has 0 aromatic heterocycles. The molecule has 0 saturated carbocycles. The second-order valence-electron chi connectivity index (χ2n) is 5.71. The number of methoxy groups -OCH3 is 2. The number of para-hydroxylation sites is 2. The predicted molar refractivity (Wildman–Crippen MR) is 98.8 cm³/mol. The topological polar surface area (TPSA) is 146 Å². The van der Waals surface area contributed by atoms with E-state index in [-0.39, 0.29) is 22.6 Å². The van der Waals surface area contributed by atoms with Gasteiger partial charge in [-0.3, -0.25) is 0 Å². The van der Waals surface area contributed by atoms with E-state index in [4.69, 9.17) is 9.47 Å². The number of aliphatic hydroxyl groups excluding tert-OH is 2. The largest absolute Gasteiger partial charge is 0.496 e. The van der Waals surface area contributed by atoms with Crippen molar-refractivity contribution in [1.29, 1.82) is 0 Å². The molecule has 10 nitrogen and oxygen atoms in total. The van der Waals surface area contributed by atoms with Crippen molar-refractivity contribution in [3.05, 3.63) is 59.7 Å². The van der Waals surface area contributed by atoms with Crippen LogP contribution in [0.2, 0.25) is 0 Å². The lowest BCUT2D eigenvalue weighted by Crippen LogP contribution is -2.43. The molecule has 2 aromatic rings. The summed E-state index contributed by atoms with van der Waals surface area (Å²) in [5.74, 6) is -5.40. The van der Waals surface area contributed by atoms with Crippen molar-refractivity contribution in [2.45, 2.75) is 12.2 Å². The second-order valence-corrected chi connectivity index (χ2v) is 5.71. The zero-order valence-corrected chi connectivity index (χ0v) is 15.9. The average molecular weight is 418 g/mol. The molecule has 0 aliphatic carbocycles. The molecule has 0 fully saturated rings. The first-order chi connectivity index (χ1) is 14.3. The first-order valence-electron chi connectivity index (χ1n) is 8.44. The Kier molecular flexibility index (Phi) is 7.62. The van der Waals surface area contributed by atoms with Gasteiger partial charge in [0.2, 0.25) is 0 Å². The summed E-state index contributed by atoms with van der Waals surface area (Å²) in [4.78, 5) is 48.0. The lowest BCUT2D eigenvalue weighted by atomic mass is 10.2. The Morgan fingerprint density at radius 2 is 1.00 bits per heavy atom. The van der Waals surface area contributed by atoms with Gasteiger partial charge in [0.15, 0.2) is 12.2 Å². The number of rotatable bonds is 7. The Morgan fingerprint density at radius 3 is 1.33 bits per heavy atom. The highest BCUT2D eigenvalue weighted by atomic mass is 16.6. The summed E-state index contributed by atoms with van der Waals surface area (Å²) < 4.78 is 18.8. The molecule has 0 amide bonds. The van der Waals surface area contributed by atoms with Crippen LogP contribution >= 0.6 is 0 Å². The molecule has 0 spiro atoms. The van der Waals surface area contributed by atoms with E-state index in [0.717, 1.165) is 0 Å². The van der Waals surface area contributed by atoms with Crippen LogP contribution in [0, 0.1) is 0 Å². The highest BCUT2D eigenvalue weighted by molar-refractivity contribution is 6.03. The zero-order chi connectivity index (χ0) is 22.3. The maximum atomic E-state index is 12.1. The fourth-order valence-electron chi connectivity index (χ4n) is 2.30. The summed E-state index contributed by atoms with van der Waals surface area (Å²) in [5, 5.41) is 19.6. The molecule has 0 bridgehead atoms. The minimum absolute atomic E-state index is 0.104. The van der Waals surface area contributed by atoms with Crippen LogP contribution < -0.4 is 9.47 Å². The maximum Gasteiger partial charge on any atom is 0.349 e. The Balaban J connectivity index is 2.02. The molecule has 0 aliphatic heterocycles. The van der Waals surface area contributed by atoms with Crippen LogP contribution in [0.25, 0.3) is 0 Å². The van der Waals surface area contributed by atoms with Gasteiger partial charge < -0.3 is 29.2 Å². The van der Waals surface area contributed by atoms with E-state index in [1.807, 2.05) is 0 Å². The minimum atomic E-state index is -2.48. The zero-order valence-electron chi connectivity index (χ0n) is 15.9. The second kappa shape index (κ2) is 10.1. The fourth-order valence-corrected chi connectivity index (χ4v) is 2.30. The Bertz CT molecular complexity index is 875. The smallest absolute Gasteiger partial charge is 0.349 e. The number of hydrogen-bond donors (Lipinski definition) is 2. The van der Waals surface area contributed by atoms with E-state index in [2.05, 4.69) is 9.47 Å². The maximum absolute atomic E-state index is 12.1. The van der Waals surface area contributed by atoms with Crippen LogP contribution in [0.1, 0.15) is 20.7 Å². The molecule has 2 rings (SSSR count). The first kappa shape index (κ1) is 22.5. The van der Waals surface area contributed by atoms with E-state index in [0.29, 0.717) is 0 Å². The number of carbonyl (C=O) groups is 4. The van der Waals surface area contributed by atoms with E-state index >= 15 is 0 Å². The highest BCUT2D eigenvalue weighted by Gasteiger charge is 2.36. The third-order valence-electron chi connectivity index (χ3n) is 3.82. The normalized spacial score (nSPS) is 12.3. The van der Waals surface area contributed by atoms with E-state index in [1.54, 1.807) is 12.1 Å². The molecular formula is C20H18O10. The van der Waals surface area contributed by atoms with Crippen LogP contribution in [-0.4, -0.2) is 60.5 Å². The van der Waals surface area contributed by atoms with Crippen LogP contribution in [0.15, 0.2) is 48.5 Å². The lowest BCUT2D eigenvalue weighted by molar-refractivity contribution is -0.166. The van der Waals surface area contributed by atoms with Gasteiger partial charge in [-0.05, 0) is 24.3 Å². The van der Waals surface area contributed by atoms with E-state index in [9.17, 15) is 29.4 Å². The van der Waals surface area contributed by atoms with Crippen LogP contribution in [0.3, 0.4) is 0 Å². The standard InChI is InChI=1S/C20H18O10/c1-27-13-9-5-3-7-11(13)17(23)29-19(25)15(21)16(22)20(26)30-18(24)12-8-4-6-10-14(12)28-2/h3-10,15-16,21-22H,1-2H3/t15-,16-/m0/s1. The monoisotopic (exact) mass is 418 g/mol. The van der Waals surface area contributed by atoms with Crippen molar-refractivity contribution < 1.29 is 48.3 Å².